The number of urea groups is 1. The van der Waals surface area contributed by atoms with Gasteiger partial charge in [0.15, 0.2) is 17.5 Å². The van der Waals surface area contributed by atoms with Crippen LogP contribution >= 0.6 is 0 Å². The normalized spacial score (nSPS) is 30.4. The molecule has 0 heterocycles. The molecule has 3 amide bonds. The summed E-state index contributed by atoms with van der Waals surface area (Å²) in [7, 11) is 5.17. The zero-order valence-corrected chi connectivity index (χ0v) is 19.1. The van der Waals surface area contributed by atoms with E-state index in [1.54, 1.807) is 14.2 Å². The van der Waals surface area contributed by atoms with Crippen LogP contribution in [0.5, 0.6) is 11.5 Å². The molecule has 7 nitrogen and oxygen atoms in total. The number of amides is 3. The van der Waals surface area contributed by atoms with Crippen LogP contribution in [0.25, 0.3) is 0 Å². The molecule has 170 valence electrons. The van der Waals surface area contributed by atoms with Crippen LogP contribution in [-0.4, -0.2) is 44.8 Å². The lowest BCUT2D eigenvalue weighted by Gasteiger charge is -2.56. The quantitative estimate of drug-likeness (QED) is 0.617. The molecule has 1 aromatic rings. The fourth-order valence-electron chi connectivity index (χ4n) is 6.45. The molecule has 5 rings (SSSR count). The minimum atomic E-state index is -0.366. The summed E-state index contributed by atoms with van der Waals surface area (Å²) in [6.07, 6.45) is 7.18. The van der Waals surface area contributed by atoms with Gasteiger partial charge in [-0.3, -0.25) is 10.1 Å². The summed E-state index contributed by atoms with van der Waals surface area (Å²) >= 11 is 0. The van der Waals surface area contributed by atoms with Crippen LogP contribution in [0.15, 0.2) is 18.2 Å². The first-order chi connectivity index (χ1) is 14.8. The van der Waals surface area contributed by atoms with Crippen LogP contribution < -0.4 is 25.0 Å². The van der Waals surface area contributed by atoms with Gasteiger partial charge in [-0.2, -0.15) is 0 Å². The number of carbonyl (C=O) groups is 2. The summed E-state index contributed by atoms with van der Waals surface area (Å²) in [4.78, 5) is 26.4. The molecule has 4 fully saturated rings. The van der Waals surface area contributed by atoms with Gasteiger partial charge in [-0.1, -0.05) is 0 Å². The van der Waals surface area contributed by atoms with Crippen molar-refractivity contribution in [2.24, 2.45) is 17.8 Å². The smallest absolute Gasteiger partial charge is 0.322 e. The number of imide groups is 1. The summed E-state index contributed by atoms with van der Waals surface area (Å²) in [5, 5.41) is 5.82. The first-order valence-corrected chi connectivity index (χ1v) is 11.5. The molecule has 0 spiro atoms. The van der Waals surface area contributed by atoms with Crippen molar-refractivity contribution in [1.29, 1.82) is 0 Å². The second-order valence-electron chi connectivity index (χ2n) is 10.1. The van der Waals surface area contributed by atoms with Gasteiger partial charge in [-0.15, -0.1) is 0 Å². The predicted octanol–water partition coefficient (Wildman–Crippen LogP) is 1.90. The highest BCUT2D eigenvalue weighted by atomic mass is 16.5. The van der Waals surface area contributed by atoms with Crippen molar-refractivity contribution < 1.29 is 24.0 Å². The molecule has 1 aromatic carbocycles. The highest BCUT2D eigenvalue weighted by Gasteiger charge is 2.51. The lowest BCUT2D eigenvalue weighted by atomic mass is 9.53. The van der Waals surface area contributed by atoms with Crippen molar-refractivity contribution in [3.63, 3.8) is 0 Å². The maximum atomic E-state index is 12.8. The van der Waals surface area contributed by atoms with Crippen LogP contribution in [0.3, 0.4) is 0 Å². The maximum absolute atomic E-state index is 12.8. The minimum Gasteiger partial charge on any atom is -0.493 e. The van der Waals surface area contributed by atoms with Crippen molar-refractivity contribution in [1.82, 2.24) is 10.6 Å². The average Bonchev–Trinajstić information content (AvgIpc) is 2.71. The molecule has 0 radical (unpaired) electrons. The zero-order chi connectivity index (χ0) is 22.2. The first-order valence-electron chi connectivity index (χ1n) is 11.5. The van der Waals surface area contributed by atoms with Gasteiger partial charge < -0.3 is 19.7 Å². The molecule has 0 saturated heterocycles. The Morgan fingerprint density at radius 1 is 1.06 bits per heavy atom. The van der Waals surface area contributed by atoms with Crippen molar-refractivity contribution >= 4 is 11.9 Å². The fourth-order valence-corrected chi connectivity index (χ4v) is 6.45. The molecule has 4 saturated carbocycles. The molecular formula is C24H36N3O4+. The van der Waals surface area contributed by atoms with E-state index >= 15 is 0 Å². The van der Waals surface area contributed by atoms with Crippen molar-refractivity contribution in [3.05, 3.63) is 23.8 Å². The van der Waals surface area contributed by atoms with Gasteiger partial charge in [-0.05, 0) is 81.4 Å². The maximum Gasteiger partial charge on any atom is 0.322 e. The summed E-state index contributed by atoms with van der Waals surface area (Å²) in [6, 6.07) is 5.06. The van der Waals surface area contributed by atoms with Gasteiger partial charge in [-0.25, -0.2) is 4.79 Å². The van der Waals surface area contributed by atoms with E-state index in [0.717, 1.165) is 47.5 Å². The van der Waals surface area contributed by atoms with Gasteiger partial charge >= 0.3 is 6.03 Å². The predicted molar refractivity (Wildman–Crippen MR) is 117 cm³/mol. The highest BCUT2D eigenvalue weighted by molar-refractivity contribution is 5.96. The van der Waals surface area contributed by atoms with Crippen molar-refractivity contribution in [2.45, 2.75) is 63.6 Å². The standard InChI is InChI=1S/C24H35N3O4/c1-15(27(2)14-16-5-6-20(30-3)21(10-16)31-4)22(28)25-23(29)26-24-11-17-7-18(12-24)9-19(8-17)13-24/h5-6,10,15,17-19H,7-9,11-14H2,1-4H3,(H2,25,26,28,29)/p+1/t15-,17?,18?,19?,24?/m1/s1. The van der Waals surface area contributed by atoms with E-state index < -0.39 is 0 Å². The number of methoxy groups -OCH3 is 2. The number of rotatable bonds is 7. The number of ether oxygens (including phenoxy) is 2. The van der Waals surface area contributed by atoms with Gasteiger partial charge in [0.2, 0.25) is 0 Å². The molecule has 3 N–H and O–H groups in total. The summed E-state index contributed by atoms with van der Waals surface area (Å²) in [5.41, 5.74) is 0.939. The van der Waals surface area contributed by atoms with Crippen LogP contribution in [0.1, 0.15) is 51.0 Å². The monoisotopic (exact) mass is 430 g/mol. The molecule has 31 heavy (non-hydrogen) atoms. The Morgan fingerprint density at radius 2 is 1.65 bits per heavy atom. The van der Waals surface area contributed by atoms with E-state index in [2.05, 4.69) is 10.6 Å². The molecular weight excluding hydrogens is 394 g/mol. The Hall–Kier alpha value is -2.28. The Labute approximate surface area is 184 Å². The van der Waals surface area contributed by atoms with Gasteiger partial charge in [0.05, 0.1) is 21.3 Å². The highest BCUT2D eigenvalue weighted by Crippen LogP contribution is 2.55. The van der Waals surface area contributed by atoms with Gasteiger partial charge in [0.1, 0.15) is 6.54 Å². The van der Waals surface area contributed by atoms with E-state index in [1.807, 2.05) is 32.2 Å². The topological polar surface area (TPSA) is 81.1 Å². The molecule has 4 bridgehead atoms. The fraction of sp³-hybridized carbons (Fsp3) is 0.667. The SMILES string of the molecule is COc1ccc(C[NH+](C)[C@H](C)C(=O)NC(=O)NC23CC4CC(CC(C4)C2)C3)cc1OC. The Kier molecular flexibility index (Phi) is 6.15. The third kappa shape index (κ3) is 4.66. The minimum absolute atomic E-state index is 0.0965. The van der Waals surface area contributed by atoms with Crippen molar-refractivity contribution in [2.75, 3.05) is 21.3 Å². The van der Waals surface area contributed by atoms with E-state index in [4.69, 9.17) is 9.47 Å². The zero-order valence-electron chi connectivity index (χ0n) is 19.1. The summed E-state index contributed by atoms with van der Waals surface area (Å²) in [6.45, 7) is 2.48. The number of hydrogen-bond donors (Lipinski definition) is 3. The molecule has 0 aromatic heterocycles. The number of carbonyl (C=O) groups excluding carboxylic acids is 2. The van der Waals surface area contributed by atoms with E-state index in [-0.39, 0.29) is 23.5 Å². The molecule has 4 aliphatic rings. The van der Waals surface area contributed by atoms with Gasteiger partial charge in [0, 0.05) is 11.1 Å². The van der Waals surface area contributed by atoms with E-state index in [0.29, 0.717) is 18.0 Å². The van der Waals surface area contributed by atoms with Crippen LogP contribution in [0.4, 0.5) is 4.79 Å². The number of quaternary nitrogens is 1. The Bertz CT molecular complexity index is 805. The summed E-state index contributed by atoms with van der Waals surface area (Å²) in [5.74, 6) is 3.34. The lowest BCUT2D eigenvalue weighted by molar-refractivity contribution is -0.908. The van der Waals surface area contributed by atoms with E-state index in [1.165, 1.54) is 19.3 Å². The van der Waals surface area contributed by atoms with Crippen LogP contribution in [0.2, 0.25) is 0 Å². The third-order valence-electron chi connectivity index (χ3n) is 7.72. The number of hydrogen-bond acceptors (Lipinski definition) is 4. The lowest BCUT2D eigenvalue weighted by Crippen LogP contribution is -3.12. The molecule has 7 heteroatoms. The van der Waals surface area contributed by atoms with E-state index in [9.17, 15) is 9.59 Å². The molecule has 4 aliphatic carbocycles. The number of likely N-dealkylation sites (N-methyl/N-ethyl adjacent to an activating group) is 1. The van der Waals surface area contributed by atoms with Crippen molar-refractivity contribution in [3.8, 4) is 11.5 Å². The Morgan fingerprint density at radius 3 is 2.19 bits per heavy atom. The average molecular weight is 431 g/mol. The Balaban J connectivity index is 1.31. The first kappa shape index (κ1) is 21.9. The number of nitrogens with one attached hydrogen (secondary N) is 3. The summed E-state index contributed by atoms with van der Waals surface area (Å²) < 4.78 is 10.7. The molecule has 0 aliphatic heterocycles. The second-order valence-corrected chi connectivity index (χ2v) is 10.1. The second kappa shape index (κ2) is 8.69. The van der Waals surface area contributed by atoms with Crippen LogP contribution in [-0.2, 0) is 11.3 Å². The number of benzene rings is 1. The molecule has 2 atom stereocenters. The van der Waals surface area contributed by atoms with Crippen LogP contribution in [0, 0.1) is 17.8 Å². The largest absolute Gasteiger partial charge is 0.493 e. The molecule has 1 unspecified atom stereocenters. The third-order valence-corrected chi connectivity index (χ3v) is 7.72. The van der Waals surface area contributed by atoms with Gasteiger partial charge in [0.25, 0.3) is 5.91 Å².